The first kappa shape index (κ1) is 13.5. The quantitative estimate of drug-likeness (QED) is 0.810. The van der Waals surface area contributed by atoms with Gasteiger partial charge in [0.2, 0.25) is 12.5 Å². The van der Waals surface area contributed by atoms with Crippen LogP contribution in [-0.2, 0) is 9.53 Å². The molecule has 2 rings (SSSR count). The van der Waals surface area contributed by atoms with E-state index >= 15 is 0 Å². The number of methoxy groups -OCH3 is 1. The molecule has 1 aromatic rings. The maximum atomic E-state index is 11.9. The molecule has 1 aliphatic rings. The number of esters is 1. The monoisotopic (exact) mass is 267 g/mol. The molecule has 1 N–H and O–H groups in total. The van der Waals surface area contributed by atoms with Crippen LogP contribution in [0.15, 0.2) is 12.1 Å². The van der Waals surface area contributed by atoms with Crippen LogP contribution in [0.2, 0.25) is 0 Å². The van der Waals surface area contributed by atoms with E-state index in [1.165, 1.54) is 0 Å². The third-order valence-corrected chi connectivity index (χ3v) is 2.83. The third-order valence-electron chi connectivity index (χ3n) is 2.83. The number of rotatable bonds is 5. The van der Waals surface area contributed by atoms with Crippen molar-refractivity contribution in [2.75, 3.05) is 27.6 Å². The molecule has 0 saturated carbocycles. The third kappa shape index (κ3) is 2.58. The van der Waals surface area contributed by atoms with Crippen LogP contribution < -0.4 is 19.5 Å². The lowest BCUT2D eigenvalue weighted by atomic mass is 10.1. The van der Waals surface area contributed by atoms with Gasteiger partial charge in [0.05, 0.1) is 13.7 Å². The molecule has 0 saturated heterocycles. The number of likely N-dealkylation sites (N-methyl/N-ethyl adjacent to an activating group) is 1. The molecule has 1 heterocycles. The lowest BCUT2D eigenvalue weighted by Crippen LogP contribution is -2.27. The number of carbonyl (C=O) groups is 1. The van der Waals surface area contributed by atoms with Crippen molar-refractivity contribution in [1.29, 1.82) is 0 Å². The van der Waals surface area contributed by atoms with Gasteiger partial charge in [-0.1, -0.05) is 0 Å². The predicted octanol–water partition coefficient (Wildman–Crippen LogP) is 1.25. The van der Waals surface area contributed by atoms with Gasteiger partial charge in [-0.3, -0.25) is 0 Å². The van der Waals surface area contributed by atoms with Gasteiger partial charge in [-0.05, 0) is 31.7 Å². The zero-order chi connectivity index (χ0) is 13.8. The van der Waals surface area contributed by atoms with Crippen LogP contribution in [0.5, 0.6) is 17.2 Å². The van der Waals surface area contributed by atoms with Crippen LogP contribution in [0.4, 0.5) is 0 Å². The van der Waals surface area contributed by atoms with E-state index in [2.05, 4.69) is 5.32 Å². The first-order chi connectivity index (χ1) is 9.21. The largest absolute Gasteiger partial charge is 0.493 e. The molecule has 1 aromatic carbocycles. The van der Waals surface area contributed by atoms with E-state index in [1.807, 2.05) is 0 Å². The molecular formula is C13H17NO5. The fraction of sp³-hybridized carbons (Fsp3) is 0.462. The lowest BCUT2D eigenvalue weighted by molar-refractivity contribution is -0.145. The fourth-order valence-electron chi connectivity index (χ4n) is 1.96. The minimum Gasteiger partial charge on any atom is -0.493 e. The highest BCUT2D eigenvalue weighted by Crippen LogP contribution is 2.43. The van der Waals surface area contributed by atoms with E-state index in [0.29, 0.717) is 29.4 Å². The van der Waals surface area contributed by atoms with Gasteiger partial charge < -0.3 is 24.3 Å². The van der Waals surface area contributed by atoms with E-state index in [4.69, 9.17) is 18.9 Å². The summed E-state index contributed by atoms with van der Waals surface area (Å²) in [4.78, 5) is 11.9. The number of carbonyl (C=O) groups excluding carboxylic acids is 1. The van der Waals surface area contributed by atoms with E-state index in [1.54, 1.807) is 33.2 Å². The van der Waals surface area contributed by atoms with Crippen molar-refractivity contribution >= 4 is 5.97 Å². The molecule has 0 fully saturated rings. The topological polar surface area (TPSA) is 66.0 Å². The Morgan fingerprint density at radius 3 is 2.89 bits per heavy atom. The molecule has 0 spiro atoms. The number of nitrogens with one attached hydrogen (secondary N) is 1. The molecule has 1 atom stereocenters. The molecule has 6 nitrogen and oxygen atoms in total. The van der Waals surface area contributed by atoms with Crippen molar-refractivity contribution in [2.45, 2.75) is 13.0 Å². The van der Waals surface area contributed by atoms with Crippen molar-refractivity contribution in [3.8, 4) is 17.2 Å². The van der Waals surface area contributed by atoms with Crippen molar-refractivity contribution in [3.63, 3.8) is 0 Å². The fourth-order valence-corrected chi connectivity index (χ4v) is 1.96. The van der Waals surface area contributed by atoms with E-state index in [-0.39, 0.29) is 12.8 Å². The summed E-state index contributed by atoms with van der Waals surface area (Å²) in [5.41, 5.74) is 0.710. The average Bonchev–Trinajstić information content (AvgIpc) is 2.87. The van der Waals surface area contributed by atoms with Crippen LogP contribution in [0.1, 0.15) is 18.5 Å². The minimum absolute atomic E-state index is 0.152. The Hall–Kier alpha value is -1.95. The summed E-state index contributed by atoms with van der Waals surface area (Å²) in [6, 6.07) is 2.93. The SMILES string of the molecule is CCOC(=O)C(NC)c1cc(OC)c2c(c1)OCO2. The molecule has 104 valence electrons. The Morgan fingerprint density at radius 1 is 1.47 bits per heavy atom. The highest BCUT2D eigenvalue weighted by atomic mass is 16.7. The zero-order valence-corrected chi connectivity index (χ0v) is 11.2. The van der Waals surface area contributed by atoms with Crippen LogP contribution in [0.3, 0.4) is 0 Å². The van der Waals surface area contributed by atoms with E-state index in [0.717, 1.165) is 0 Å². The first-order valence-electron chi connectivity index (χ1n) is 6.02. The van der Waals surface area contributed by atoms with Gasteiger partial charge in [-0.25, -0.2) is 4.79 Å². The van der Waals surface area contributed by atoms with Crippen molar-refractivity contribution < 1.29 is 23.7 Å². The van der Waals surface area contributed by atoms with Crippen LogP contribution in [0, 0.1) is 0 Å². The van der Waals surface area contributed by atoms with Crippen molar-refractivity contribution in [2.24, 2.45) is 0 Å². The Bertz CT molecular complexity index is 474. The molecule has 6 heteroatoms. The summed E-state index contributed by atoms with van der Waals surface area (Å²) >= 11 is 0. The number of benzene rings is 1. The van der Waals surface area contributed by atoms with Gasteiger partial charge in [-0.15, -0.1) is 0 Å². The van der Waals surface area contributed by atoms with Gasteiger partial charge in [0.1, 0.15) is 6.04 Å². The predicted molar refractivity (Wildman–Crippen MR) is 67.6 cm³/mol. The first-order valence-corrected chi connectivity index (χ1v) is 6.02. The minimum atomic E-state index is -0.566. The molecule has 1 unspecified atom stereocenters. The molecule has 0 aliphatic carbocycles. The highest BCUT2D eigenvalue weighted by Gasteiger charge is 2.26. The summed E-state index contributed by atoms with van der Waals surface area (Å²) in [5, 5.41) is 2.92. The Morgan fingerprint density at radius 2 is 2.26 bits per heavy atom. The second kappa shape index (κ2) is 5.79. The summed E-state index contributed by atoms with van der Waals surface area (Å²) < 4.78 is 20.9. The summed E-state index contributed by atoms with van der Waals surface area (Å²) in [6.45, 7) is 2.25. The van der Waals surface area contributed by atoms with Gasteiger partial charge >= 0.3 is 5.97 Å². The Labute approximate surface area is 111 Å². The van der Waals surface area contributed by atoms with Crippen LogP contribution in [0.25, 0.3) is 0 Å². The molecule has 19 heavy (non-hydrogen) atoms. The number of fused-ring (bicyclic) bond motifs is 1. The highest BCUT2D eigenvalue weighted by molar-refractivity contribution is 5.78. The number of hydrogen-bond acceptors (Lipinski definition) is 6. The normalized spacial score (nSPS) is 14.1. The second-order valence-corrected chi connectivity index (χ2v) is 3.93. The standard InChI is InChI=1S/C13H17NO5/c1-4-17-13(15)11(14-2)8-5-9(16-3)12-10(6-8)18-7-19-12/h5-6,11,14H,4,7H2,1-3H3. The van der Waals surface area contributed by atoms with E-state index in [9.17, 15) is 4.79 Å². The molecule has 0 radical (unpaired) electrons. The summed E-state index contributed by atoms with van der Waals surface area (Å²) in [7, 11) is 3.23. The maximum absolute atomic E-state index is 11.9. The lowest BCUT2D eigenvalue weighted by Gasteiger charge is -2.16. The molecule has 0 aromatic heterocycles. The second-order valence-electron chi connectivity index (χ2n) is 3.93. The molecule has 0 amide bonds. The molecule has 0 bridgehead atoms. The van der Waals surface area contributed by atoms with Crippen molar-refractivity contribution in [3.05, 3.63) is 17.7 Å². The molecular weight excluding hydrogens is 250 g/mol. The van der Waals surface area contributed by atoms with E-state index < -0.39 is 6.04 Å². The molecule has 1 aliphatic heterocycles. The van der Waals surface area contributed by atoms with Gasteiger partial charge in [0.15, 0.2) is 11.5 Å². The van der Waals surface area contributed by atoms with Crippen LogP contribution >= 0.6 is 0 Å². The Balaban J connectivity index is 2.36. The van der Waals surface area contributed by atoms with Gasteiger partial charge in [-0.2, -0.15) is 0 Å². The van der Waals surface area contributed by atoms with Gasteiger partial charge in [0.25, 0.3) is 0 Å². The van der Waals surface area contributed by atoms with Crippen molar-refractivity contribution in [1.82, 2.24) is 5.32 Å². The van der Waals surface area contributed by atoms with Crippen LogP contribution in [-0.4, -0.2) is 33.5 Å². The average molecular weight is 267 g/mol. The Kier molecular flexibility index (Phi) is 4.11. The zero-order valence-electron chi connectivity index (χ0n) is 11.2. The summed E-state index contributed by atoms with van der Waals surface area (Å²) in [5.74, 6) is 1.32. The maximum Gasteiger partial charge on any atom is 0.327 e. The number of ether oxygens (including phenoxy) is 4. The number of hydrogen-bond donors (Lipinski definition) is 1. The summed E-state index contributed by atoms with van der Waals surface area (Å²) in [6.07, 6.45) is 0. The van der Waals surface area contributed by atoms with Gasteiger partial charge in [0, 0.05) is 0 Å². The smallest absolute Gasteiger partial charge is 0.327 e.